The van der Waals surface area contributed by atoms with Gasteiger partial charge in [0.1, 0.15) is 11.6 Å². The Morgan fingerprint density at radius 2 is 2.20 bits per heavy atom. The van der Waals surface area contributed by atoms with E-state index in [0.29, 0.717) is 24.6 Å². The van der Waals surface area contributed by atoms with Crippen LogP contribution in [0.15, 0.2) is 30.6 Å². The molecule has 0 spiro atoms. The van der Waals surface area contributed by atoms with Gasteiger partial charge < -0.3 is 20.3 Å². The third-order valence-corrected chi connectivity index (χ3v) is 3.68. The van der Waals surface area contributed by atoms with E-state index in [1.165, 1.54) is 18.2 Å². The number of hydrogen-bond donors (Lipinski definition) is 2. The summed E-state index contributed by atoms with van der Waals surface area (Å²) in [4.78, 5) is 14.2. The molecule has 2 rings (SSSR count). The second kappa shape index (κ2) is 8.48. The zero-order valence-electron chi connectivity index (χ0n) is 14.9. The topological polar surface area (TPSA) is 71.4 Å². The van der Waals surface area contributed by atoms with Crippen molar-refractivity contribution in [2.75, 3.05) is 32.6 Å². The minimum absolute atomic E-state index is 0.0148. The first kappa shape index (κ1) is 18.7. The van der Waals surface area contributed by atoms with Gasteiger partial charge in [0.25, 0.3) is 0 Å². The summed E-state index contributed by atoms with van der Waals surface area (Å²) in [5.41, 5.74) is 1.42. The Kier molecular flexibility index (Phi) is 6.35. The molecule has 0 unspecified atom stereocenters. The molecule has 0 aliphatic rings. The van der Waals surface area contributed by atoms with Crippen LogP contribution in [-0.4, -0.2) is 48.0 Å². The number of hydrogen-bond acceptors (Lipinski definition) is 4. The molecule has 7 nitrogen and oxygen atoms in total. The van der Waals surface area contributed by atoms with Crippen molar-refractivity contribution in [2.45, 2.75) is 13.0 Å². The van der Waals surface area contributed by atoms with Gasteiger partial charge in [-0.25, -0.2) is 9.18 Å². The van der Waals surface area contributed by atoms with Crippen LogP contribution >= 0.6 is 0 Å². The quantitative estimate of drug-likeness (QED) is 0.805. The molecule has 2 aromatic rings. The van der Waals surface area contributed by atoms with E-state index >= 15 is 0 Å². The van der Waals surface area contributed by atoms with Crippen molar-refractivity contribution in [3.05, 3.63) is 42.0 Å². The second-order valence-electron chi connectivity index (χ2n) is 5.84. The van der Waals surface area contributed by atoms with Gasteiger partial charge in [0.2, 0.25) is 0 Å². The normalized spacial score (nSPS) is 12.1. The van der Waals surface area contributed by atoms with Crippen molar-refractivity contribution in [3.63, 3.8) is 0 Å². The summed E-state index contributed by atoms with van der Waals surface area (Å²) in [6, 6.07) is 3.60. The number of nitrogens with zero attached hydrogens (tertiary/aromatic N) is 3. The zero-order valence-corrected chi connectivity index (χ0v) is 14.9. The molecule has 0 saturated carbocycles. The Labute approximate surface area is 146 Å². The van der Waals surface area contributed by atoms with Crippen LogP contribution in [0.3, 0.4) is 0 Å². The Bertz CT molecular complexity index is 717. The number of urea groups is 1. The van der Waals surface area contributed by atoms with E-state index in [-0.39, 0.29) is 12.1 Å². The molecule has 1 heterocycles. The van der Waals surface area contributed by atoms with Gasteiger partial charge in [0.15, 0.2) is 0 Å². The SMILES string of the molecule is CCOc1cc(F)ccc1NC(=O)NC[C@@H](c1cnn(C)c1)N(C)C. The first-order valence-electron chi connectivity index (χ1n) is 8.03. The van der Waals surface area contributed by atoms with Crippen LogP contribution in [0.1, 0.15) is 18.5 Å². The van der Waals surface area contributed by atoms with Gasteiger partial charge in [-0.3, -0.25) is 4.68 Å². The molecular formula is C17H24FN5O2. The summed E-state index contributed by atoms with van der Waals surface area (Å²) in [6.07, 6.45) is 3.69. The molecule has 136 valence electrons. The fourth-order valence-corrected chi connectivity index (χ4v) is 2.44. The number of nitrogens with one attached hydrogen (secondary N) is 2. The predicted octanol–water partition coefficient (Wildman–Crippen LogP) is 2.38. The third kappa shape index (κ3) is 5.18. The van der Waals surface area contributed by atoms with Crippen LogP contribution in [0.2, 0.25) is 0 Å². The third-order valence-electron chi connectivity index (χ3n) is 3.68. The van der Waals surface area contributed by atoms with E-state index in [9.17, 15) is 9.18 Å². The van der Waals surface area contributed by atoms with Crippen molar-refractivity contribution < 1.29 is 13.9 Å². The van der Waals surface area contributed by atoms with Crippen molar-refractivity contribution in [3.8, 4) is 5.75 Å². The van der Waals surface area contributed by atoms with Crippen LogP contribution in [0, 0.1) is 5.82 Å². The van der Waals surface area contributed by atoms with Gasteiger partial charge in [-0.2, -0.15) is 5.10 Å². The van der Waals surface area contributed by atoms with E-state index < -0.39 is 5.82 Å². The molecule has 1 atom stereocenters. The van der Waals surface area contributed by atoms with E-state index in [2.05, 4.69) is 15.7 Å². The van der Waals surface area contributed by atoms with Crippen LogP contribution in [0.4, 0.5) is 14.9 Å². The number of anilines is 1. The lowest BCUT2D eigenvalue weighted by atomic mass is 10.1. The van der Waals surface area contributed by atoms with Gasteiger partial charge in [-0.15, -0.1) is 0 Å². The summed E-state index contributed by atoms with van der Waals surface area (Å²) in [7, 11) is 5.72. The molecule has 0 bridgehead atoms. The van der Waals surface area contributed by atoms with Gasteiger partial charge in [-0.1, -0.05) is 0 Å². The molecular weight excluding hydrogens is 325 g/mol. The van der Waals surface area contributed by atoms with Crippen LogP contribution in [0.25, 0.3) is 0 Å². The number of amides is 2. The zero-order chi connectivity index (χ0) is 18.4. The van der Waals surface area contributed by atoms with Crippen LogP contribution < -0.4 is 15.4 Å². The van der Waals surface area contributed by atoms with Crippen LogP contribution in [0.5, 0.6) is 5.75 Å². The summed E-state index contributed by atoms with van der Waals surface area (Å²) in [5.74, 6) is -0.118. The summed E-state index contributed by atoms with van der Waals surface area (Å²) >= 11 is 0. The number of carbonyl (C=O) groups excluding carboxylic acids is 1. The number of aromatic nitrogens is 2. The van der Waals surface area contributed by atoms with Gasteiger partial charge in [0.05, 0.1) is 24.5 Å². The Hall–Kier alpha value is -2.61. The van der Waals surface area contributed by atoms with E-state index in [0.717, 1.165) is 5.56 Å². The molecule has 0 radical (unpaired) electrons. The lowest BCUT2D eigenvalue weighted by Crippen LogP contribution is -2.36. The molecule has 2 N–H and O–H groups in total. The highest BCUT2D eigenvalue weighted by molar-refractivity contribution is 5.90. The minimum atomic E-state index is -0.418. The molecule has 0 aliphatic carbocycles. The van der Waals surface area contributed by atoms with Crippen molar-refractivity contribution >= 4 is 11.7 Å². The predicted molar refractivity (Wildman–Crippen MR) is 94.2 cm³/mol. The standard InChI is InChI=1S/C17H24FN5O2/c1-5-25-16-8-13(18)6-7-14(16)21-17(24)19-10-15(22(2)3)12-9-20-23(4)11-12/h6-9,11,15H,5,10H2,1-4H3,(H2,19,21,24)/t15-/m0/s1. The largest absolute Gasteiger partial charge is 0.492 e. The fourth-order valence-electron chi connectivity index (χ4n) is 2.44. The number of rotatable bonds is 7. The van der Waals surface area contributed by atoms with E-state index in [4.69, 9.17) is 4.74 Å². The number of carbonyl (C=O) groups is 1. The highest BCUT2D eigenvalue weighted by atomic mass is 19.1. The first-order chi connectivity index (χ1) is 11.9. The molecule has 0 fully saturated rings. The lowest BCUT2D eigenvalue weighted by molar-refractivity contribution is 0.243. The maximum absolute atomic E-state index is 13.3. The fraction of sp³-hybridized carbons (Fsp3) is 0.412. The number of benzene rings is 1. The maximum Gasteiger partial charge on any atom is 0.319 e. The van der Waals surface area contributed by atoms with Crippen molar-refractivity contribution in [1.82, 2.24) is 20.0 Å². The molecule has 0 aliphatic heterocycles. The highest BCUT2D eigenvalue weighted by Gasteiger charge is 2.17. The molecule has 1 aromatic carbocycles. The average Bonchev–Trinajstić information content (AvgIpc) is 2.96. The monoisotopic (exact) mass is 349 g/mol. The number of halogens is 1. The van der Waals surface area contributed by atoms with E-state index in [1.54, 1.807) is 17.8 Å². The lowest BCUT2D eigenvalue weighted by Gasteiger charge is -2.23. The summed E-state index contributed by atoms with van der Waals surface area (Å²) < 4.78 is 20.4. The molecule has 2 amide bonds. The number of likely N-dealkylation sites (N-methyl/N-ethyl adjacent to an activating group) is 1. The molecule has 0 saturated heterocycles. The average molecular weight is 349 g/mol. The van der Waals surface area contributed by atoms with Gasteiger partial charge in [0, 0.05) is 31.4 Å². The van der Waals surface area contributed by atoms with E-state index in [1.807, 2.05) is 32.2 Å². The van der Waals surface area contributed by atoms with Gasteiger partial charge >= 0.3 is 6.03 Å². The Morgan fingerprint density at radius 1 is 1.44 bits per heavy atom. The summed E-state index contributed by atoms with van der Waals surface area (Å²) in [5, 5.41) is 9.68. The molecule has 8 heteroatoms. The number of ether oxygens (including phenoxy) is 1. The number of aryl methyl sites for hydroxylation is 1. The minimum Gasteiger partial charge on any atom is -0.492 e. The second-order valence-corrected chi connectivity index (χ2v) is 5.84. The summed E-state index contributed by atoms with van der Waals surface area (Å²) in [6.45, 7) is 2.57. The molecule has 1 aromatic heterocycles. The van der Waals surface area contributed by atoms with Crippen molar-refractivity contribution in [2.24, 2.45) is 7.05 Å². The Balaban J connectivity index is 2.00. The smallest absolute Gasteiger partial charge is 0.319 e. The highest BCUT2D eigenvalue weighted by Crippen LogP contribution is 2.25. The first-order valence-corrected chi connectivity index (χ1v) is 8.03. The van der Waals surface area contributed by atoms with Crippen LogP contribution in [-0.2, 0) is 7.05 Å². The maximum atomic E-state index is 13.3. The van der Waals surface area contributed by atoms with Crippen molar-refractivity contribution in [1.29, 1.82) is 0 Å². The Morgan fingerprint density at radius 3 is 2.80 bits per heavy atom. The van der Waals surface area contributed by atoms with Gasteiger partial charge in [-0.05, 0) is 33.2 Å². The molecule has 25 heavy (non-hydrogen) atoms.